The number of alkyl halides is 3. The summed E-state index contributed by atoms with van der Waals surface area (Å²) < 4.78 is 49.8. The van der Waals surface area contributed by atoms with Gasteiger partial charge in [-0.05, 0) is 47.1 Å². The highest BCUT2D eigenvalue weighted by molar-refractivity contribution is 9.10. The number of hydrogen-bond acceptors (Lipinski definition) is 3. The lowest BCUT2D eigenvalue weighted by Crippen LogP contribution is -2.11. The quantitative estimate of drug-likeness (QED) is 0.642. The highest BCUT2D eigenvalue weighted by Gasteiger charge is 2.33. The molecule has 0 heterocycles. The van der Waals surface area contributed by atoms with E-state index in [2.05, 4.69) is 15.9 Å². The number of rotatable bonds is 5. The molecule has 0 aliphatic heterocycles. The van der Waals surface area contributed by atoms with E-state index in [1.54, 1.807) is 19.1 Å². The number of hydrogen-bond donors (Lipinski definition) is 0. The summed E-state index contributed by atoms with van der Waals surface area (Å²) in [7, 11) is 0. The maximum Gasteiger partial charge on any atom is 0.416 e. The molecule has 0 aromatic heterocycles. The Morgan fingerprint density at radius 3 is 2.54 bits per heavy atom. The SMILES string of the molecule is CCOC(=O)c1ccc(Br)c(OCc2ccccc2C(F)(F)F)c1. The second-order valence-corrected chi connectivity index (χ2v) is 5.66. The Morgan fingerprint density at radius 2 is 1.88 bits per heavy atom. The lowest BCUT2D eigenvalue weighted by molar-refractivity contribution is -0.138. The summed E-state index contributed by atoms with van der Waals surface area (Å²) >= 11 is 3.25. The molecule has 0 saturated carbocycles. The Morgan fingerprint density at radius 1 is 1.17 bits per heavy atom. The number of carbonyl (C=O) groups is 1. The van der Waals surface area contributed by atoms with Gasteiger partial charge in [-0.15, -0.1) is 0 Å². The van der Waals surface area contributed by atoms with Crippen molar-refractivity contribution >= 4 is 21.9 Å². The topological polar surface area (TPSA) is 35.5 Å². The maximum absolute atomic E-state index is 13.0. The molecular weight excluding hydrogens is 389 g/mol. The molecule has 0 N–H and O–H groups in total. The fraction of sp³-hybridized carbons (Fsp3) is 0.235. The minimum absolute atomic E-state index is 0.0124. The largest absolute Gasteiger partial charge is 0.488 e. The molecule has 0 amide bonds. The first kappa shape index (κ1) is 18.3. The van der Waals surface area contributed by atoms with Crippen molar-refractivity contribution in [2.24, 2.45) is 0 Å². The van der Waals surface area contributed by atoms with E-state index in [0.29, 0.717) is 4.47 Å². The standard InChI is InChI=1S/C17H14BrF3O3/c1-2-23-16(22)11-7-8-14(18)15(9-11)24-10-12-5-3-4-6-13(12)17(19,20)21/h3-9H,2,10H2,1H3. The summed E-state index contributed by atoms with van der Waals surface area (Å²) in [6.45, 7) is 1.63. The van der Waals surface area contributed by atoms with Crippen LogP contribution in [0.5, 0.6) is 5.75 Å². The number of ether oxygens (including phenoxy) is 2. The summed E-state index contributed by atoms with van der Waals surface area (Å²) in [5.74, 6) is -0.261. The minimum Gasteiger partial charge on any atom is -0.488 e. The molecular formula is C17H14BrF3O3. The summed E-state index contributed by atoms with van der Waals surface area (Å²) in [5, 5.41) is 0. The molecule has 2 rings (SSSR count). The zero-order chi connectivity index (χ0) is 17.7. The molecule has 0 unspecified atom stereocenters. The van der Waals surface area contributed by atoms with Gasteiger partial charge in [0.25, 0.3) is 0 Å². The summed E-state index contributed by atoms with van der Waals surface area (Å²) in [5.41, 5.74) is -0.472. The molecule has 0 atom stereocenters. The third kappa shape index (κ3) is 4.50. The van der Waals surface area contributed by atoms with Crippen LogP contribution in [0, 0.1) is 0 Å². The van der Waals surface area contributed by atoms with E-state index in [9.17, 15) is 18.0 Å². The van der Waals surface area contributed by atoms with E-state index in [1.165, 1.54) is 24.3 Å². The Hall–Kier alpha value is -2.02. The average Bonchev–Trinajstić information content (AvgIpc) is 2.53. The summed E-state index contributed by atoms with van der Waals surface area (Å²) in [4.78, 5) is 11.7. The van der Waals surface area contributed by atoms with Crippen LogP contribution in [0.15, 0.2) is 46.9 Å². The Bertz CT molecular complexity index is 729. The molecule has 0 aliphatic carbocycles. The molecule has 2 aromatic carbocycles. The molecule has 2 aromatic rings. The monoisotopic (exact) mass is 402 g/mol. The fourth-order valence-electron chi connectivity index (χ4n) is 2.03. The first-order valence-electron chi connectivity index (χ1n) is 7.07. The maximum atomic E-state index is 13.0. The van der Waals surface area contributed by atoms with E-state index in [1.807, 2.05) is 0 Å². The average molecular weight is 403 g/mol. The van der Waals surface area contributed by atoms with E-state index in [0.717, 1.165) is 6.07 Å². The fourth-order valence-corrected chi connectivity index (χ4v) is 2.39. The van der Waals surface area contributed by atoms with Gasteiger partial charge in [0, 0.05) is 5.56 Å². The van der Waals surface area contributed by atoms with Gasteiger partial charge in [0.2, 0.25) is 0 Å². The summed E-state index contributed by atoms with van der Waals surface area (Å²) in [6, 6.07) is 9.74. The first-order valence-corrected chi connectivity index (χ1v) is 7.86. The van der Waals surface area contributed by atoms with E-state index < -0.39 is 17.7 Å². The van der Waals surface area contributed by atoms with Gasteiger partial charge in [-0.1, -0.05) is 18.2 Å². The normalized spacial score (nSPS) is 11.2. The molecule has 0 radical (unpaired) electrons. The van der Waals surface area contributed by atoms with Crippen molar-refractivity contribution in [3.05, 3.63) is 63.6 Å². The second-order valence-electron chi connectivity index (χ2n) is 4.81. The van der Waals surface area contributed by atoms with Crippen LogP contribution in [-0.4, -0.2) is 12.6 Å². The van der Waals surface area contributed by atoms with Gasteiger partial charge in [0.05, 0.1) is 22.2 Å². The third-order valence-corrected chi connectivity index (χ3v) is 3.80. The van der Waals surface area contributed by atoms with Crippen LogP contribution >= 0.6 is 15.9 Å². The van der Waals surface area contributed by atoms with Crippen molar-refractivity contribution in [2.45, 2.75) is 19.7 Å². The van der Waals surface area contributed by atoms with E-state index in [4.69, 9.17) is 9.47 Å². The number of esters is 1. The van der Waals surface area contributed by atoms with Gasteiger partial charge in [-0.25, -0.2) is 4.79 Å². The van der Waals surface area contributed by atoms with Gasteiger partial charge < -0.3 is 9.47 Å². The zero-order valence-electron chi connectivity index (χ0n) is 12.7. The van der Waals surface area contributed by atoms with Gasteiger partial charge >= 0.3 is 12.1 Å². The molecule has 0 saturated heterocycles. The lowest BCUT2D eigenvalue weighted by Gasteiger charge is -2.14. The molecule has 3 nitrogen and oxygen atoms in total. The van der Waals surface area contributed by atoms with Crippen molar-refractivity contribution in [3.63, 3.8) is 0 Å². The molecule has 0 aliphatic rings. The van der Waals surface area contributed by atoms with Crippen LogP contribution in [-0.2, 0) is 17.5 Å². The van der Waals surface area contributed by atoms with Crippen molar-refractivity contribution in [1.82, 2.24) is 0 Å². The van der Waals surface area contributed by atoms with Crippen LogP contribution in [0.1, 0.15) is 28.4 Å². The van der Waals surface area contributed by atoms with E-state index >= 15 is 0 Å². The Balaban J connectivity index is 2.21. The highest BCUT2D eigenvalue weighted by Crippen LogP contribution is 2.33. The van der Waals surface area contributed by atoms with Crippen LogP contribution in [0.3, 0.4) is 0 Å². The van der Waals surface area contributed by atoms with E-state index in [-0.39, 0.29) is 30.1 Å². The van der Waals surface area contributed by atoms with Crippen molar-refractivity contribution in [2.75, 3.05) is 6.61 Å². The molecule has 0 fully saturated rings. The van der Waals surface area contributed by atoms with Crippen LogP contribution < -0.4 is 4.74 Å². The number of halogens is 4. The smallest absolute Gasteiger partial charge is 0.416 e. The van der Waals surface area contributed by atoms with Crippen LogP contribution in [0.2, 0.25) is 0 Å². The number of carbonyl (C=O) groups excluding carboxylic acids is 1. The molecule has 0 bridgehead atoms. The van der Waals surface area contributed by atoms with Crippen molar-refractivity contribution in [3.8, 4) is 5.75 Å². The minimum atomic E-state index is -4.45. The Kier molecular flexibility index (Phi) is 5.88. The predicted octanol–water partition coefficient (Wildman–Crippen LogP) is 5.22. The van der Waals surface area contributed by atoms with Gasteiger partial charge in [0.1, 0.15) is 12.4 Å². The van der Waals surface area contributed by atoms with Gasteiger partial charge in [-0.3, -0.25) is 0 Å². The summed E-state index contributed by atoms with van der Waals surface area (Å²) in [6.07, 6.45) is -4.45. The zero-order valence-corrected chi connectivity index (χ0v) is 14.3. The Labute approximate surface area is 145 Å². The van der Waals surface area contributed by atoms with Gasteiger partial charge in [0.15, 0.2) is 0 Å². The molecule has 24 heavy (non-hydrogen) atoms. The van der Waals surface area contributed by atoms with Crippen LogP contribution in [0.25, 0.3) is 0 Å². The number of benzene rings is 2. The highest BCUT2D eigenvalue weighted by atomic mass is 79.9. The molecule has 7 heteroatoms. The van der Waals surface area contributed by atoms with Crippen molar-refractivity contribution < 1.29 is 27.4 Å². The third-order valence-electron chi connectivity index (χ3n) is 3.15. The van der Waals surface area contributed by atoms with Crippen molar-refractivity contribution in [1.29, 1.82) is 0 Å². The lowest BCUT2D eigenvalue weighted by atomic mass is 10.1. The predicted molar refractivity (Wildman–Crippen MR) is 85.9 cm³/mol. The van der Waals surface area contributed by atoms with Gasteiger partial charge in [-0.2, -0.15) is 13.2 Å². The second kappa shape index (κ2) is 7.70. The van der Waals surface area contributed by atoms with Crippen LogP contribution in [0.4, 0.5) is 13.2 Å². The molecule has 0 spiro atoms. The molecule has 128 valence electrons. The first-order chi connectivity index (χ1) is 11.3.